The van der Waals surface area contributed by atoms with Crippen molar-refractivity contribution in [1.82, 2.24) is 5.32 Å². The summed E-state index contributed by atoms with van der Waals surface area (Å²) < 4.78 is 5.71. The number of hydrogen-bond donors (Lipinski definition) is 3. The quantitative estimate of drug-likeness (QED) is 0.0963. The number of hydrogen-bond acceptors (Lipinski definition) is 5. The van der Waals surface area contributed by atoms with E-state index in [4.69, 9.17) is 4.74 Å². The molecule has 0 saturated heterocycles. The second kappa shape index (κ2) is 15.9. The van der Waals surface area contributed by atoms with Gasteiger partial charge in [0, 0.05) is 16.1 Å². The monoisotopic (exact) mass is 627 g/mol. The summed E-state index contributed by atoms with van der Waals surface area (Å²) in [6, 6.07) is 42.1. The lowest BCUT2D eigenvalue weighted by Crippen LogP contribution is -2.30. The Labute approximate surface area is 272 Å². The zero-order valence-electron chi connectivity index (χ0n) is 25.2. The average Bonchev–Trinajstić information content (AvgIpc) is 3.09. The largest absolute Gasteiger partial charge is 0.492 e. The normalized spacial score (nSPS) is 11.6. The number of para-hydroxylation sites is 2. The van der Waals surface area contributed by atoms with Gasteiger partial charge in [0.15, 0.2) is 0 Å². The third-order valence-electron chi connectivity index (χ3n) is 6.77. The van der Waals surface area contributed by atoms with Crippen LogP contribution in [0.15, 0.2) is 150 Å². The predicted octanol–water partition coefficient (Wildman–Crippen LogP) is 7.97. The highest BCUT2D eigenvalue weighted by Gasteiger charge is 2.24. The number of benzene rings is 5. The Morgan fingerprint density at radius 3 is 2.11 bits per heavy atom. The van der Waals surface area contributed by atoms with Crippen LogP contribution in [0.25, 0.3) is 6.08 Å². The average molecular weight is 628 g/mol. The molecular weight excluding hydrogens is 595 g/mol. The first-order valence-electron chi connectivity index (χ1n) is 14.8. The molecule has 3 N–H and O–H groups in total. The molecule has 0 heterocycles. The molecule has 0 saturated carbocycles. The van der Waals surface area contributed by atoms with Crippen molar-refractivity contribution in [2.24, 2.45) is 0 Å². The van der Waals surface area contributed by atoms with Gasteiger partial charge >= 0.3 is 0 Å². The van der Waals surface area contributed by atoms with E-state index in [1.165, 1.54) is 11.8 Å². The van der Waals surface area contributed by atoms with Crippen LogP contribution in [0.1, 0.15) is 33.7 Å². The Morgan fingerprint density at radius 1 is 0.739 bits per heavy atom. The topological polar surface area (TPSA) is 96.5 Å². The second-order valence-corrected chi connectivity index (χ2v) is 11.3. The fourth-order valence-corrected chi connectivity index (χ4v) is 5.67. The number of carbonyl (C=O) groups excluding carboxylic acids is 3. The lowest BCUT2D eigenvalue weighted by atomic mass is 10.1. The van der Waals surface area contributed by atoms with Crippen molar-refractivity contribution >= 4 is 46.9 Å². The number of rotatable bonds is 12. The lowest BCUT2D eigenvalue weighted by molar-refractivity contribution is -0.116. The van der Waals surface area contributed by atoms with E-state index in [1.807, 2.05) is 110 Å². The van der Waals surface area contributed by atoms with Crippen LogP contribution in [0.5, 0.6) is 5.75 Å². The van der Waals surface area contributed by atoms with Crippen LogP contribution in [0, 0.1) is 0 Å². The lowest BCUT2D eigenvalue weighted by Gasteiger charge is -2.19. The summed E-state index contributed by atoms with van der Waals surface area (Å²) in [5.41, 5.74) is 3.20. The summed E-state index contributed by atoms with van der Waals surface area (Å²) in [6.45, 7) is 2.37. The maximum Gasteiger partial charge on any atom is 0.272 e. The van der Waals surface area contributed by atoms with E-state index in [1.54, 1.807) is 42.5 Å². The third kappa shape index (κ3) is 8.74. The van der Waals surface area contributed by atoms with E-state index in [-0.39, 0.29) is 11.6 Å². The van der Waals surface area contributed by atoms with Gasteiger partial charge in [0.25, 0.3) is 11.8 Å². The molecule has 230 valence electrons. The summed E-state index contributed by atoms with van der Waals surface area (Å²) in [5, 5.41) is 8.11. The molecule has 0 fully saturated rings. The molecule has 0 aromatic heterocycles. The zero-order valence-corrected chi connectivity index (χ0v) is 26.0. The number of carbonyl (C=O) groups is 3. The molecule has 5 aromatic rings. The molecule has 0 aliphatic heterocycles. The van der Waals surface area contributed by atoms with E-state index in [2.05, 4.69) is 16.0 Å². The van der Waals surface area contributed by atoms with Gasteiger partial charge in [0.05, 0.1) is 12.3 Å². The first kappa shape index (κ1) is 31.8. The molecule has 1 unspecified atom stereocenters. The number of thioether (sulfide) groups is 1. The first-order valence-corrected chi connectivity index (χ1v) is 15.7. The molecule has 3 amide bonds. The van der Waals surface area contributed by atoms with Gasteiger partial charge in [-0.15, -0.1) is 11.8 Å². The van der Waals surface area contributed by atoms with Gasteiger partial charge in [0.2, 0.25) is 5.91 Å². The van der Waals surface area contributed by atoms with Gasteiger partial charge in [-0.1, -0.05) is 97.1 Å². The van der Waals surface area contributed by atoms with Crippen molar-refractivity contribution in [3.05, 3.63) is 162 Å². The highest BCUT2D eigenvalue weighted by Crippen LogP contribution is 2.38. The molecule has 0 bridgehead atoms. The van der Waals surface area contributed by atoms with E-state index >= 15 is 0 Å². The van der Waals surface area contributed by atoms with E-state index in [0.717, 1.165) is 16.0 Å². The van der Waals surface area contributed by atoms with E-state index in [9.17, 15) is 14.4 Å². The molecule has 46 heavy (non-hydrogen) atoms. The zero-order chi connectivity index (χ0) is 32.1. The number of anilines is 2. The summed E-state index contributed by atoms with van der Waals surface area (Å²) in [4.78, 5) is 41.0. The third-order valence-corrected chi connectivity index (χ3v) is 8.02. The van der Waals surface area contributed by atoms with Gasteiger partial charge in [-0.3, -0.25) is 14.4 Å². The van der Waals surface area contributed by atoms with Crippen LogP contribution in [0.3, 0.4) is 0 Å². The Bertz CT molecular complexity index is 1810. The van der Waals surface area contributed by atoms with Crippen molar-refractivity contribution in [3.63, 3.8) is 0 Å². The number of amides is 3. The second-order valence-electron chi connectivity index (χ2n) is 10.1. The van der Waals surface area contributed by atoms with Crippen molar-refractivity contribution < 1.29 is 19.1 Å². The highest BCUT2D eigenvalue weighted by atomic mass is 32.2. The van der Waals surface area contributed by atoms with E-state index in [0.29, 0.717) is 29.3 Å². The minimum absolute atomic E-state index is 0.0904. The smallest absolute Gasteiger partial charge is 0.272 e. The molecular formula is C38H33N3O4S. The Morgan fingerprint density at radius 2 is 1.39 bits per heavy atom. The Kier molecular flexibility index (Phi) is 11.0. The Hall–Kier alpha value is -5.60. The van der Waals surface area contributed by atoms with Crippen molar-refractivity contribution in [2.45, 2.75) is 17.1 Å². The SMILES string of the molecule is CCOc1ccccc1NC(=O)C(Sc1cccc(NC(=O)/C(=C/c2ccccc2)NC(=O)c2ccccc2)c1)c1ccccc1. The summed E-state index contributed by atoms with van der Waals surface area (Å²) >= 11 is 1.36. The van der Waals surface area contributed by atoms with Crippen molar-refractivity contribution in [3.8, 4) is 5.75 Å². The van der Waals surface area contributed by atoms with Crippen LogP contribution in [-0.2, 0) is 9.59 Å². The van der Waals surface area contributed by atoms with Crippen LogP contribution in [-0.4, -0.2) is 24.3 Å². The van der Waals surface area contributed by atoms with Gasteiger partial charge in [0.1, 0.15) is 16.7 Å². The number of ether oxygens (including phenoxy) is 1. The molecule has 0 radical (unpaired) electrons. The van der Waals surface area contributed by atoms with Crippen LogP contribution < -0.4 is 20.7 Å². The fourth-order valence-electron chi connectivity index (χ4n) is 4.59. The van der Waals surface area contributed by atoms with Crippen LogP contribution >= 0.6 is 11.8 Å². The fraction of sp³-hybridized carbons (Fsp3) is 0.0789. The summed E-state index contributed by atoms with van der Waals surface area (Å²) in [6.07, 6.45) is 1.63. The highest BCUT2D eigenvalue weighted by molar-refractivity contribution is 8.00. The molecule has 5 aromatic carbocycles. The van der Waals surface area contributed by atoms with Crippen LogP contribution in [0.2, 0.25) is 0 Å². The molecule has 1 atom stereocenters. The summed E-state index contributed by atoms with van der Waals surface area (Å²) in [7, 11) is 0. The molecule has 7 nitrogen and oxygen atoms in total. The van der Waals surface area contributed by atoms with E-state index < -0.39 is 17.1 Å². The standard InChI is InChI=1S/C38H33N3O4S/c1-2-45-34-24-13-12-23-32(34)40-38(44)35(28-17-8-4-9-18-28)46-31-22-14-21-30(26-31)39-37(43)33(25-27-15-6-3-7-16-27)41-36(42)29-19-10-5-11-20-29/h3-26,35H,2H2,1H3,(H,39,43)(H,40,44)(H,41,42)/b33-25-. The molecule has 8 heteroatoms. The minimum Gasteiger partial charge on any atom is -0.492 e. The molecule has 0 aliphatic carbocycles. The Balaban J connectivity index is 1.37. The van der Waals surface area contributed by atoms with Gasteiger partial charge in [-0.05, 0) is 66.6 Å². The first-order chi connectivity index (χ1) is 22.5. The summed E-state index contributed by atoms with van der Waals surface area (Å²) in [5.74, 6) is -0.502. The van der Waals surface area contributed by atoms with Gasteiger partial charge in [-0.2, -0.15) is 0 Å². The maximum absolute atomic E-state index is 13.7. The van der Waals surface area contributed by atoms with Crippen molar-refractivity contribution in [1.29, 1.82) is 0 Å². The minimum atomic E-state index is -0.597. The predicted molar refractivity (Wildman–Crippen MR) is 185 cm³/mol. The maximum atomic E-state index is 13.7. The number of nitrogens with one attached hydrogen (secondary N) is 3. The molecule has 0 spiro atoms. The molecule has 0 aliphatic rings. The van der Waals surface area contributed by atoms with Gasteiger partial charge < -0.3 is 20.7 Å². The van der Waals surface area contributed by atoms with Gasteiger partial charge in [-0.25, -0.2) is 0 Å². The van der Waals surface area contributed by atoms with Crippen LogP contribution in [0.4, 0.5) is 11.4 Å². The molecule has 5 rings (SSSR count). The van der Waals surface area contributed by atoms with Crippen molar-refractivity contribution in [2.75, 3.05) is 17.2 Å².